The third kappa shape index (κ3) is 7.96. The molecular weight excluding hydrogens is 388 g/mol. The van der Waals surface area contributed by atoms with Crippen molar-refractivity contribution in [2.75, 3.05) is 16.8 Å². The fourth-order valence-electron chi connectivity index (χ4n) is 2.75. The molecule has 1 amide bonds. The Bertz CT molecular complexity index is 948. The van der Waals surface area contributed by atoms with E-state index in [-0.39, 0.29) is 12.4 Å². The highest BCUT2D eigenvalue weighted by atomic mass is 32.2. The Morgan fingerprint density at radius 3 is 2.52 bits per heavy atom. The molecule has 0 spiro atoms. The van der Waals surface area contributed by atoms with Gasteiger partial charge < -0.3 is 10.1 Å². The Balaban J connectivity index is 1.95. The highest BCUT2D eigenvalue weighted by molar-refractivity contribution is 7.92. The molecule has 0 atom stereocenters. The lowest BCUT2D eigenvalue weighted by molar-refractivity contribution is -0.113. The minimum absolute atomic E-state index is 0.0286. The number of carbonyl (C=O) groups excluding carboxylic acids is 1. The monoisotopic (exact) mass is 414 g/mol. The van der Waals surface area contributed by atoms with E-state index in [2.05, 4.69) is 11.4 Å². The van der Waals surface area contributed by atoms with Gasteiger partial charge in [0.15, 0.2) is 9.84 Å². The minimum atomic E-state index is -3.42. The molecule has 2 aromatic rings. The largest absolute Gasteiger partial charge is 0.489 e. The van der Waals surface area contributed by atoms with Crippen molar-refractivity contribution in [3.63, 3.8) is 0 Å². The molecule has 2 aromatic carbocycles. The first kappa shape index (κ1) is 22.4. The highest BCUT2D eigenvalue weighted by Crippen LogP contribution is 2.19. The number of nitrogens with one attached hydrogen (secondary N) is 1. The quantitative estimate of drug-likeness (QED) is 0.563. The van der Waals surface area contributed by atoms with Gasteiger partial charge in [0.25, 0.3) is 0 Å². The number of hydrogen-bond acceptors (Lipinski definition) is 5. The van der Waals surface area contributed by atoms with Crippen LogP contribution in [0.25, 0.3) is 0 Å². The van der Waals surface area contributed by atoms with Crippen molar-refractivity contribution in [3.8, 4) is 11.8 Å². The maximum Gasteiger partial charge on any atom is 0.239 e. The first-order chi connectivity index (χ1) is 13.9. The van der Waals surface area contributed by atoms with Crippen molar-refractivity contribution in [1.82, 2.24) is 0 Å². The fourth-order valence-corrected chi connectivity index (χ4v) is 4.01. The van der Waals surface area contributed by atoms with Crippen LogP contribution in [0.5, 0.6) is 5.75 Å². The summed E-state index contributed by atoms with van der Waals surface area (Å²) in [6.07, 6.45) is 2.68. The van der Waals surface area contributed by atoms with Crippen molar-refractivity contribution in [2.24, 2.45) is 0 Å². The van der Waals surface area contributed by atoms with Crippen LogP contribution >= 0.6 is 0 Å². The van der Waals surface area contributed by atoms with Gasteiger partial charge in [-0.1, -0.05) is 50.1 Å². The number of anilines is 1. The molecule has 0 aliphatic rings. The van der Waals surface area contributed by atoms with Crippen LogP contribution in [0.1, 0.15) is 37.3 Å². The van der Waals surface area contributed by atoms with Crippen LogP contribution in [0.2, 0.25) is 0 Å². The van der Waals surface area contributed by atoms with Crippen molar-refractivity contribution in [3.05, 3.63) is 59.7 Å². The van der Waals surface area contributed by atoms with Crippen LogP contribution in [-0.4, -0.2) is 25.8 Å². The number of amides is 1. The SMILES string of the molecule is CCCCCS(=O)(=O)CC(=O)Nc1ccccc1COc1ccc(CC#N)cc1. The summed E-state index contributed by atoms with van der Waals surface area (Å²) in [5.41, 5.74) is 2.18. The van der Waals surface area contributed by atoms with Gasteiger partial charge in [-0.15, -0.1) is 0 Å². The van der Waals surface area contributed by atoms with E-state index >= 15 is 0 Å². The Hall–Kier alpha value is -2.85. The number of benzene rings is 2. The third-order valence-electron chi connectivity index (χ3n) is 4.30. The Labute approximate surface area is 172 Å². The Morgan fingerprint density at radius 1 is 1.10 bits per heavy atom. The number of nitriles is 1. The molecule has 0 saturated carbocycles. The topological polar surface area (TPSA) is 96.3 Å². The maximum absolute atomic E-state index is 12.2. The van der Waals surface area contributed by atoms with E-state index in [1.165, 1.54) is 0 Å². The molecule has 154 valence electrons. The second-order valence-electron chi connectivity index (χ2n) is 6.77. The molecule has 7 heteroatoms. The summed E-state index contributed by atoms with van der Waals surface area (Å²) in [6, 6.07) is 16.5. The van der Waals surface area contributed by atoms with Gasteiger partial charge >= 0.3 is 0 Å². The summed E-state index contributed by atoms with van der Waals surface area (Å²) < 4.78 is 29.9. The lowest BCUT2D eigenvalue weighted by Gasteiger charge is -2.13. The van der Waals surface area contributed by atoms with Crippen LogP contribution in [-0.2, 0) is 27.7 Å². The predicted octanol–water partition coefficient (Wildman–Crippen LogP) is 3.88. The number of nitrogens with zero attached hydrogens (tertiary/aromatic N) is 1. The zero-order valence-electron chi connectivity index (χ0n) is 16.6. The molecule has 0 bridgehead atoms. The third-order valence-corrected chi connectivity index (χ3v) is 5.91. The summed E-state index contributed by atoms with van der Waals surface area (Å²) in [7, 11) is -3.42. The van der Waals surface area contributed by atoms with Gasteiger partial charge in [-0.05, 0) is 30.2 Å². The Morgan fingerprint density at radius 2 is 1.83 bits per heavy atom. The van der Waals surface area contributed by atoms with Crippen molar-refractivity contribution < 1.29 is 17.9 Å². The second kappa shape index (κ2) is 11.2. The lowest BCUT2D eigenvalue weighted by Crippen LogP contribution is -2.25. The van der Waals surface area contributed by atoms with Gasteiger partial charge in [-0.25, -0.2) is 8.42 Å². The van der Waals surface area contributed by atoms with E-state index in [1.54, 1.807) is 24.3 Å². The smallest absolute Gasteiger partial charge is 0.239 e. The van der Waals surface area contributed by atoms with Crippen LogP contribution in [0.4, 0.5) is 5.69 Å². The van der Waals surface area contributed by atoms with Crippen molar-refractivity contribution >= 4 is 21.4 Å². The maximum atomic E-state index is 12.2. The van der Waals surface area contributed by atoms with E-state index < -0.39 is 21.5 Å². The van der Waals surface area contributed by atoms with Gasteiger partial charge in [0.2, 0.25) is 5.91 Å². The standard InChI is InChI=1S/C22H26N2O4S/c1-2-3-6-15-29(26,27)17-22(25)24-21-8-5-4-7-19(21)16-28-20-11-9-18(10-12-20)13-14-23/h4-5,7-12H,2-3,6,13,15-17H2,1H3,(H,24,25). The van der Waals surface area contributed by atoms with E-state index in [1.807, 2.05) is 31.2 Å². The summed E-state index contributed by atoms with van der Waals surface area (Å²) in [5, 5.41) is 11.4. The normalized spacial score (nSPS) is 10.9. The highest BCUT2D eigenvalue weighted by Gasteiger charge is 2.17. The summed E-state index contributed by atoms with van der Waals surface area (Å²) >= 11 is 0. The number of sulfone groups is 1. The molecular formula is C22H26N2O4S. The molecule has 0 saturated heterocycles. The van der Waals surface area contributed by atoms with Crippen LogP contribution in [0, 0.1) is 11.3 Å². The zero-order chi connectivity index (χ0) is 21.1. The number of carbonyl (C=O) groups is 1. The molecule has 2 rings (SSSR count). The molecule has 29 heavy (non-hydrogen) atoms. The molecule has 0 aliphatic heterocycles. The molecule has 0 aromatic heterocycles. The van der Waals surface area contributed by atoms with Gasteiger partial charge in [-0.2, -0.15) is 5.26 Å². The molecule has 0 fully saturated rings. The molecule has 0 heterocycles. The first-order valence-corrected chi connectivity index (χ1v) is 11.4. The number of hydrogen-bond donors (Lipinski definition) is 1. The van der Waals surface area contributed by atoms with Gasteiger partial charge in [0.1, 0.15) is 18.1 Å². The van der Waals surface area contributed by atoms with Gasteiger partial charge in [-0.3, -0.25) is 4.79 Å². The summed E-state index contributed by atoms with van der Waals surface area (Å²) in [4.78, 5) is 12.2. The number of unbranched alkanes of at least 4 members (excludes halogenated alkanes) is 2. The fraction of sp³-hybridized carbons (Fsp3) is 0.364. The predicted molar refractivity (Wildman–Crippen MR) is 113 cm³/mol. The first-order valence-electron chi connectivity index (χ1n) is 9.60. The lowest BCUT2D eigenvalue weighted by atomic mass is 10.1. The molecule has 0 aliphatic carbocycles. The van der Waals surface area contributed by atoms with Crippen LogP contribution in [0.15, 0.2) is 48.5 Å². The van der Waals surface area contributed by atoms with E-state index in [9.17, 15) is 13.2 Å². The van der Waals surface area contributed by atoms with E-state index in [0.717, 1.165) is 24.0 Å². The Kier molecular flexibility index (Phi) is 8.68. The number of ether oxygens (including phenoxy) is 1. The zero-order valence-corrected chi connectivity index (χ0v) is 17.4. The second-order valence-corrected chi connectivity index (χ2v) is 8.96. The average molecular weight is 415 g/mol. The van der Waals surface area contributed by atoms with Crippen LogP contribution < -0.4 is 10.1 Å². The van der Waals surface area contributed by atoms with E-state index in [0.29, 0.717) is 24.3 Å². The molecule has 6 nitrogen and oxygen atoms in total. The number of rotatable bonds is 11. The van der Waals surface area contributed by atoms with Crippen LogP contribution in [0.3, 0.4) is 0 Å². The summed E-state index contributed by atoms with van der Waals surface area (Å²) in [5.74, 6) is -0.395. The minimum Gasteiger partial charge on any atom is -0.489 e. The molecule has 0 unspecified atom stereocenters. The van der Waals surface area contributed by atoms with Crippen molar-refractivity contribution in [2.45, 2.75) is 39.2 Å². The van der Waals surface area contributed by atoms with Crippen molar-refractivity contribution in [1.29, 1.82) is 5.26 Å². The van der Waals surface area contributed by atoms with Gasteiger partial charge in [0, 0.05) is 11.3 Å². The van der Waals surface area contributed by atoms with E-state index in [4.69, 9.17) is 10.00 Å². The molecule has 1 N–H and O–H groups in total. The average Bonchev–Trinajstić information content (AvgIpc) is 2.68. The van der Waals surface area contributed by atoms with Gasteiger partial charge in [0.05, 0.1) is 18.2 Å². The molecule has 0 radical (unpaired) electrons. The number of para-hydroxylation sites is 1. The summed E-state index contributed by atoms with van der Waals surface area (Å²) in [6.45, 7) is 2.22.